The summed E-state index contributed by atoms with van der Waals surface area (Å²) >= 11 is 6.31. The number of rotatable bonds is 7. The number of ether oxygens (including phenoxy) is 1. The molecule has 2 heterocycles. The van der Waals surface area contributed by atoms with Crippen molar-refractivity contribution in [2.24, 2.45) is 5.10 Å². The molecule has 7 nitrogen and oxygen atoms in total. The monoisotopic (exact) mass is 495 g/mol. The largest absolute Gasteiger partial charge is 0.483 e. The van der Waals surface area contributed by atoms with Crippen LogP contribution in [0.5, 0.6) is 5.75 Å². The molecule has 178 valence electrons. The first-order valence-corrected chi connectivity index (χ1v) is 11.7. The minimum absolute atomic E-state index is 0.212. The maximum atomic E-state index is 12.4. The number of benzene rings is 3. The van der Waals surface area contributed by atoms with E-state index in [1.807, 2.05) is 96.5 Å². The molecular formula is C28H22ClN5O2. The predicted molar refractivity (Wildman–Crippen MR) is 142 cm³/mol. The highest BCUT2D eigenvalue weighted by Crippen LogP contribution is 2.31. The number of fused-ring (bicyclic) bond motifs is 1. The molecule has 0 spiro atoms. The lowest BCUT2D eigenvalue weighted by atomic mass is 10.1. The van der Waals surface area contributed by atoms with Gasteiger partial charge < -0.3 is 4.74 Å². The van der Waals surface area contributed by atoms with E-state index in [1.165, 1.54) is 6.21 Å². The summed E-state index contributed by atoms with van der Waals surface area (Å²) in [6.07, 6.45) is 3.20. The number of amides is 1. The minimum Gasteiger partial charge on any atom is -0.483 e. The molecule has 5 rings (SSSR count). The number of nitrogens with one attached hydrogen (secondary N) is 1. The third-order valence-corrected chi connectivity index (χ3v) is 5.89. The Morgan fingerprint density at radius 1 is 1.06 bits per heavy atom. The van der Waals surface area contributed by atoms with Gasteiger partial charge in [0.05, 0.1) is 29.3 Å². The molecule has 0 aliphatic rings. The Morgan fingerprint density at radius 2 is 1.86 bits per heavy atom. The summed E-state index contributed by atoms with van der Waals surface area (Å²) in [5.74, 6) is 0.157. The molecule has 8 heteroatoms. The van der Waals surface area contributed by atoms with Crippen LogP contribution in [-0.2, 0) is 4.79 Å². The zero-order valence-corrected chi connectivity index (χ0v) is 20.2. The number of para-hydroxylation sites is 3. The van der Waals surface area contributed by atoms with E-state index in [2.05, 4.69) is 20.6 Å². The fraction of sp³-hybridized carbons (Fsp3) is 0.0714. The zero-order valence-electron chi connectivity index (χ0n) is 19.4. The van der Waals surface area contributed by atoms with Gasteiger partial charge in [-0.25, -0.2) is 15.1 Å². The van der Waals surface area contributed by atoms with Gasteiger partial charge in [0.2, 0.25) is 0 Å². The first kappa shape index (κ1) is 23.3. The van der Waals surface area contributed by atoms with Crippen molar-refractivity contribution in [3.8, 4) is 22.7 Å². The molecule has 3 aromatic carbocycles. The van der Waals surface area contributed by atoms with Crippen molar-refractivity contribution in [3.05, 3.63) is 107 Å². The second-order valence-electron chi connectivity index (χ2n) is 8.06. The number of halogens is 1. The number of hydrogen-bond acceptors (Lipinski definition) is 5. The standard InChI is InChI=1S/C28H22ClN5O2/c1-19-8-7-9-20-16-21(28(29)32-27(19)20)17-30-33-26(35)18-36-25-13-6-5-12-23(25)24-14-15-31-34(24)22-10-3-2-4-11-22/h2-17H,18H2,1H3,(H,33,35)/b30-17+. The molecule has 0 aliphatic carbocycles. The van der Waals surface area contributed by atoms with Crippen LogP contribution < -0.4 is 10.2 Å². The molecule has 0 saturated carbocycles. The lowest BCUT2D eigenvalue weighted by molar-refractivity contribution is -0.123. The minimum atomic E-state index is -0.404. The molecule has 2 aromatic heterocycles. The smallest absolute Gasteiger partial charge is 0.277 e. The first-order chi connectivity index (χ1) is 17.6. The van der Waals surface area contributed by atoms with Crippen LogP contribution in [0.3, 0.4) is 0 Å². The van der Waals surface area contributed by atoms with Crippen molar-refractivity contribution in [1.82, 2.24) is 20.2 Å². The van der Waals surface area contributed by atoms with Gasteiger partial charge in [0.15, 0.2) is 6.61 Å². The third-order valence-electron chi connectivity index (χ3n) is 5.59. The lowest BCUT2D eigenvalue weighted by Crippen LogP contribution is -2.24. The highest BCUT2D eigenvalue weighted by atomic mass is 35.5. The van der Waals surface area contributed by atoms with Crippen LogP contribution in [0, 0.1) is 6.92 Å². The van der Waals surface area contributed by atoms with Gasteiger partial charge >= 0.3 is 0 Å². The van der Waals surface area contributed by atoms with E-state index in [0.717, 1.165) is 33.4 Å². The molecule has 0 unspecified atom stereocenters. The van der Waals surface area contributed by atoms with Gasteiger partial charge in [-0.05, 0) is 48.9 Å². The van der Waals surface area contributed by atoms with Crippen molar-refractivity contribution in [1.29, 1.82) is 0 Å². The predicted octanol–water partition coefficient (Wildman–Crippen LogP) is 5.58. The first-order valence-electron chi connectivity index (χ1n) is 11.3. The van der Waals surface area contributed by atoms with Gasteiger partial charge in [0.1, 0.15) is 10.9 Å². The average molecular weight is 496 g/mol. The number of pyridine rings is 1. The molecular weight excluding hydrogens is 474 g/mol. The van der Waals surface area contributed by atoms with Crippen molar-refractivity contribution >= 4 is 34.6 Å². The van der Waals surface area contributed by atoms with Crippen LogP contribution in [0.2, 0.25) is 5.15 Å². The topological polar surface area (TPSA) is 81.4 Å². The quantitative estimate of drug-likeness (QED) is 0.181. The maximum absolute atomic E-state index is 12.4. The number of carbonyl (C=O) groups is 1. The van der Waals surface area contributed by atoms with Gasteiger partial charge in [-0.15, -0.1) is 0 Å². The van der Waals surface area contributed by atoms with Gasteiger partial charge in [-0.2, -0.15) is 10.2 Å². The molecule has 0 radical (unpaired) electrons. The Kier molecular flexibility index (Phi) is 6.73. The Balaban J connectivity index is 1.27. The number of aromatic nitrogens is 3. The van der Waals surface area contributed by atoms with E-state index in [1.54, 1.807) is 6.20 Å². The normalized spacial score (nSPS) is 11.2. The van der Waals surface area contributed by atoms with Gasteiger partial charge in [0, 0.05) is 16.5 Å². The summed E-state index contributed by atoms with van der Waals surface area (Å²) in [5.41, 5.74) is 7.56. The number of nitrogens with zero attached hydrogens (tertiary/aromatic N) is 4. The van der Waals surface area contributed by atoms with Crippen molar-refractivity contribution in [3.63, 3.8) is 0 Å². The molecule has 0 bridgehead atoms. The van der Waals surface area contributed by atoms with E-state index in [0.29, 0.717) is 16.5 Å². The molecule has 1 amide bonds. The molecule has 0 aliphatic heterocycles. The Bertz CT molecular complexity index is 1560. The number of hydrazone groups is 1. The molecule has 0 fully saturated rings. The molecule has 0 atom stereocenters. The fourth-order valence-corrected chi connectivity index (χ4v) is 4.05. The van der Waals surface area contributed by atoms with E-state index in [9.17, 15) is 4.79 Å². The van der Waals surface area contributed by atoms with Crippen LogP contribution in [0.1, 0.15) is 11.1 Å². The van der Waals surface area contributed by atoms with E-state index in [4.69, 9.17) is 16.3 Å². The molecule has 1 N–H and O–H groups in total. The van der Waals surface area contributed by atoms with Gasteiger partial charge in [-0.1, -0.05) is 60.1 Å². The van der Waals surface area contributed by atoms with Gasteiger partial charge in [0.25, 0.3) is 5.91 Å². The third kappa shape index (κ3) is 4.96. The highest BCUT2D eigenvalue weighted by Gasteiger charge is 2.13. The number of carbonyl (C=O) groups excluding carboxylic acids is 1. The number of aryl methyl sites for hydroxylation is 1. The summed E-state index contributed by atoms with van der Waals surface area (Å²) in [6.45, 7) is 1.77. The van der Waals surface area contributed by atoms with E-state index >= 15 is 0 Å². The van der Waals surface area contributed by atoms with Crippen molar-refractivity contribution < 1.29 is 9.53 Å². The fourth-order valence-electron chi connectivity index (χ4n) is 3.87. The zero-order chi connectivity index (χ0) is 24.9. The summed E-state index contributed by atoms with van der Waals surface area (Å²) in [7, 11) is 0. The van der Waals surface area contributed by atoms with E-state index in [-0.39, 0.29) is 6.61 Å². The SMILES string of the molecule is Cc1cccc2cc(/C=N/NC(=O)COc3ccccc3-c3ccnn3-c3ccccc3)c(Cl)nc12. The molecule has 0 saturated heterocycles. The second-order valence-corrected chi connectivity index (χ2v) is 8.41. The Labute approximate surface area is 213 Å². The molecule has 5 aromatic rings. The van der Waals surface area contributed by atoms with E-state index < -0.39 is 5.91 Å². The second kappa shape index (κ2) is 10.4. The Hall–Kier alpha value is -4.49. The summed E-state index contributed by atoms with van der Waals surface area (Å²) in [4.78, 5) is 16.9. The van der Waals surface area contributed by atoms with Crippen LogP contribution in [0.15, 0.2) is 96.2 Å². The van der Waals surface area contributed by atoms with Crippen LogP contribution in [-0.4, -0.2) is 33.5 Å². The van der Waals surface area contributed by atoms with Crippen LogP contribution in [0.4, 0.5) is 0 Å². The average Bonchev–Trinajstić information content (AvgIpc) is 3.39. The van der Waals surface area contributed by atoms with Crippen LogP contribution >= 0.6 is 11.6 Å². The van der Waals surface area contributed by atoms with Gasteiger partial charge in [-0.3, -0.25) is 4.79 Å². The Morgan fingerprint density at radius 3 is 2.72 bits per heavy atom. The maximum Gasteiger partial charge on any atom is 0.277 e. The molecule has 36 heavy (non-hydrogen) atoms. The summed E-state index contributed by atoms with van der Waals surface area (Å²) in [6, 6.07) is 27.0. The highest BCUT2D eigenvalue weighted by molar-refractivity contribution is 6.32. The van der Waals surface area contributed by atoms with Crippen molar-refractivity contribution in [2.75, 3.05) is 6.61 Å². The summed E-state index contributed by atoms with van der Waals surface area (Å²) < 4.78 is 7.67. The number of hydrogen-bond donors (Lipinski definition) is 1. The summed E-state index contributed by atoms with van der Waals surface area (Å²) in [5, 5.41) is 9.73. The van der Waals surface area contributed by atoms with Crippen molar-refractivity contribution in [2.45, 2.75) is 6.92 Å². The lowest BCUT2D eigenvalue weighted by Gasteiger charge is -2.13. The van der Waals surface area contributed by atoms with Crippen LogP contribution in [0.25, 0.3) is 27.8 Å².